The number of carbonyl (C=O) groups is 1. The molecule has 0 saturated carbocycles. The fraction of sp³-hybridized carbons (Fsp3) is 0.929. The Balaban J connectivity index is 1.56. The molecular weight excluding hydrogens is 244 g/mol. The number of ether oxygens (including phenoxy) is 1. The maximum absolute atomic E-state index is 10.4. The summed E-state index contributed by atoms with van der Waals surface area (Å²) >= 11 is 0. The first kappa shape index (κ1) is 14.8. The van der Waals surface area contributed by atoms with Crippen LogP contribution in [-0.2, 0) is 9.53 Å². The molecule has 2 rings (SSSR count). The monoisotopic (exact) mass is 270 g/mol. The fourth-order valence-electron chi connectivity index (χ4n) is 2.95. The van der Waals surface area contributed by atoms with E-state index in [2.05, 4.69) is 9.80 Å². The van der Waals surface area contributed by atoms with E-state index in [-0.39, 0.29) is 12.7 Å². The number of rotatable bonds is 6. The van der Waals surface area contributed by atoms with Crippen molar-refractivity contribution in [2.24, 2.45) is 0 Å². The Hall–Kier alpha value is -0.650. The highest BCUT2D eigenvalue weighted by Gasteiger charge is 2.21. The van der Waals surface area contributed by atoms with Crippen molar-refractivity contribution in [2.45, 2.75) is 38.2 Å². The highest BCUT2D eigenvalue weighted by molar-refractivity contribution is 5.68. The van der Waals surface area contributed by atoms with E-state index < -0.39 is 5.97 Å². The molecule has 0 aromatic carbocycles. The lowest BCUT2D eigenvalue weighted by molar-refractivity contribution is -0.145. The first-order valence-electron chi connectivity index (χ1n) is 7.52. The molecule has 0 bridgehead atoms. The standard InChI is InChI=1S/C14H26N2O3/c17-14(18)12-19-13-4-8-16(9-5-13)11-10-15-6-2-1-3-7-15/h13H,1-12H2,(H,17,18). The number of carboxylic acid groups (broad SMARTS) is 1. The molecule has 2 saturated heterocycles. The molecule has 110 valence electrons. The third-order valence-electron chi connectivity index (χ3n) is 4.16. The summed E-state index contributed by atoms with van der Waals surface area (Å²) in [7, 11) is 0. The van der Waals surface area contributed by atoms with Crippen LogP contribution in [0.3, 0.4) is 0 Å². The van der Waals surface area contributed by atoms with Crippen molar-refractivity contribution in [2.75, 3.05) is 45.9 Å². The lowest BCUT2D eigenvalue weighted by Gasteiger charge is -2.34. The average Bonchev–Trinajstić information content (AvgIpc) is 2.45. The molecule has 0 aromatic heterocycles. The zero-order chi connectivity index (χ0) is 13.5. The third-order valence-corrected chi connectivity index (χ3v) is 4.16. The Morgan fingerprint density at radius 1 is 1.00 bits per heavy atom. The molecule has 0 spiro atoms. The number of likely N-dealkylation sites (tertiary alicyclic amines) is 2. The van der Waals surface area contributed by atoms with Crippen LogP contribution in [0.5, 0.6) is 0 Å². The van der Waals surface area contributed by atoms with Gasteiger partial charge in [0.2, 0.25) is 0 Å². The summed E-state index contributed by atoms with van der Waals surface area (Å²) in [5, 5.41) is 8.58. The van der Waals surface area contributed by atoms with Gasteiger partial charge in [-0.2, -0.15) is 0 Å². The van der Waals surface area contributed by atoms with Crippen LogP contribution in [0.1, 0.15) is 32.1 Å². The van der Waals surface area contributed by atoms with Crippen LogP contribution in [0.15, 0.2) is 0 Å². The molecule has 0 unspecified atom stereocenters. The molecule has 2 fully saturated rings. The topological polar surface area (TPSA) is 53.0 Å². The SMILES string of the molecule is O=C(O)COC1CCN(CCN2CCCCC2)CC1. The molecule has 0 radical (unpaired) electrons. The Morgan fingerprint density at radius 3 is 2.16 bits per heavy atom. The van der Waals surface area contributed by atoms with E-state index in [0.29, 0.717) is 0 Å². The summed E-state index contributed by atoms with van der Waals surface area (Å²) < 4.78 is 5.35. The molecule has 5 nitrogen and oxygen atoms in total. The van der Waals surface area contributed by atoms with Crippen LogP contribution in [0, 0.1) is 0 Å². The van der Waals surface area contributed by atoms with Crippen molar-refractivity contribution in [3.8, 4) is 0 Å². The first-order chi connectivity index (χ1) is 9.24. The van der Waals surface area contributed by atoms with Gasteiger partial charge in [-0.3, -0.25) is 0 Å². The van der Waals surface area contributed by atoms with Gasteiger partial charge in [0.25, 0.3) is 0 Å². The van der Waals surface area contributed by atoms with E-state index in [1.807, 2.05) is 0 Å². The van der Waals surface area contributed by atoms with Crippen molar-refractivity contribution in [3.05, 3.63) is 0 Å². The van der Waals surface area contributed by atoms with Crippen molar-refractivity contribution < 1.29 is 14.6 Å². The van der Waals surface area contributed by atoms with Gasteiger partial charge in [-0.05, 0) is 38.8 Å². The number of aliphatic carboxylic acids is 1. The smallest absolute Gasteiger partial charge is 0.329 e. The molecule has 0 aromatic rings. The summed E-state index contributed by atoms with van der Waals surface area (Å²) in [5.41, 5.74) is 0. The molecule has 0 aliphatic carbocycles. The molecule has 1 N–H and O–H groups in total. The van der Waals surface area contributed by atoms with Crippen LogP contribution in [0.4, 0.5) is 0 Å². The number of hydrogen-bond donors (Lipinski definition) is 1. The predicted octanol–water partition coefficient (Wildman–Crippen LogP) is 1.04. The van der Waals surface area contributed by atoms with E-state index >= 15 is 0 Å². The van der Waals surface area contributed by atoms with Crippen LogP contribution in [0.2, 0.25) is 0 Å². The lowest BCUT2D eigenvalue weighted by atomic mass is 10.1. The predicted molar refractivity (Wildman–Crippen MR) is 73.3 cm³/mol. The van der Waals surface area contributed by atoms with Crippen molar-refractivity contribution in [1.29, 1.82) is 0 Å². The normalized spacial score (nSPS) is 23.6. The van der Waals surface area contributed by atoms with Gasteiger partial charge < -0.3 is 19.6 Å². The van der Waals surface area contributed by atoms with E-state index in [9.17, 15) is 4.79 Å². The van der Waals surface area contributed by atoms with Crippen LogP contribution >= 0.6 is 0 Å². The van der Waals surface area contributed by atoms with Gasteiger partial charge in [0.1, 0.15) is 6.61 Å². The molecule has 2 aliphatic heterocycles. The second kappa shape index (κ2) is 7.82. The molecule has 19 heavy (non-hydrogen) atoms. The number of carboxylic acids is 1. The Bertz CT molecular complexity index is 272. The van der Waals surface area contributed by atoms with Gasteiger partial charge in [0.05, 0.1) is 6.10 Å². The summed E-state index contributed by atoms with van der Waals surface area (Å²) in [6.07, 6.45) is 6.17. The van der Waals surface area contributed by atoms with Gasteiger partial charge in [-0.15, -0.1) is 0 Å². The summed E-state index contributed by atoms with van der Waals surface area (Å²) in [6, 6.07) is 0. The van der Waals surface area contributed by atoms with E-state index in [0.717, 1.165) is 32.5 Å². The summed E-state index contributed by atoms with van der Waals surface area (Å²) in [6.45, 7) is 6.78. The van der Waals surface area contributed by atoms with Crippen LogP contribution < -0.4 is 0 Å². The fourth-order valence-corrected chi connectivity index (χ4v) is 2.95. The largest absolute Gasteiger partial charge is 0.480 e. The Morgan fingerprint density at radius 2 is 1.58 bits per heavy atom. The minimum absolute atomic E-state index is 0.141. The average molecular weight is 270 g/mol. The van der Waals surface area contributed by atoms with E-state index in [1.54, 1.807) is 0 Å². The van der Waals surface area contributed by atoms with Crippen LogP contribution in [-0.4, -0.2) is 72.9 Å². The van der Waals surface area contributed by atoms with Crippen LogP contribution in [0.25, 0.3) is 0 Å². The maximum atomic E-state index is 10.4. The van der Waals surface area contributed by atoms with Crippen molar-refractivity contribution in [1.82, 2.24) is 9.80 Å². The van der Waals surface area contributed by atoms with Gasteiger partial charge in [-0.25, -0.2) is 4.79 Å². The highest BCUT2D eigenvalue weighted by atomic mass is 16.5. The molecule has 2 aliphatic rings. The quantitative estimate of drug-likeness (QED) is 0.781. The number of nitrogens with zero attached hydrogens (tertiary/aromatic N) is 2. The van der Waals surface area contributed by atoms with Gasteiger partial charge in [-0.1, -0.05) is 6.42 Å². The zero-order valence-corrected chi connectivity index (χ0v) is 11.7. The number of hydrogen-bond acceptors (Lipinski definition) is 4. The van der Waals surface area contributed by atoms with Gasteiger partial charge >= 0.3 is 5.97 Å². The second-order valence-corrected chi connectivity index (χ2v) is 5.65. The summed E-state index contributed by atoms with van der Waals surface area (Å²) in [5.74, 6) is -0.868. The first-order valence-corrected chi connectivity index (χ1v) is 7.52. The Labute approximate surface area is 115 Å². The minimum atomic E-state index is -0.868. The molecule has 5 heteroatoms. The molecular formula is C14H26N2O3. The number of piperidine rings is 2. The maximum Gasteiger partial charge on any atom is 0.329 e. The molecule has 0 amide bonds. The highest BCUT2D eigenvalue weighted by Crippen LogP contribution is 2.14. The van der Waals surface area contributed by atoms with Gasteiger partial charge in [0.15, 0.2) is 0 Å². The summed E-state index contributed by atoms with van der Waals surface area (Å²) in [4.78, 5) is 15.5. The van der Waals surface area contributed by atoms with E-state index in [1.165, 1.54) is 38.9 Å². The van der Waals surface area contributed by atoms with Crippen molar-refractivity contribution in [3.63, 3.8) is 0 Å². The zero-order valence-electron chi connectivity index (χ0n) is 11.7. The van der Waals surface area contributed by atoms with E-state index in [4.69, 9.17) is 9.84 Å². The molecule has 0 atom stereocenters. The minimum Gasteiger partial charge on any atom is -0.480 e. The van der Waals surface area contributed by atoms with Gasteiger partial charge in [0, 0.05) is 26.2 Å². The lowest BCUT2D eigenvalue weighted by Crippen LogP contribution is -2.42. The second-order valence-electron chi connectivity index (χ2n) is 5.65. The van der Waals surface area contributed by atoms with Crippen molar-refractivity contribution >= 4 is 5.97 Å². The third kappa shape index (κ3) is 5.47. The Kier molecular flexibility index (Phi) is 6.07. The molecule has 2 heterocycles.